The lowest BCUT2D eigenvalue weighted by Crippen LogP contribution is -2.59. The molecule has 1 aromatic carbocycles. The summed E-state index contributed by atoms with van der Waals surface area (Å²) in [5, 5.41) is 9.13. The third kappa shape index (κ3) is 4.52. The van der Waals surface area contributed by atoms with E-state index in [1.807, 2.05) is 32.9 Å². The summed E-state index contributed by atoms with van der Waals surface area (Å²) in [6.07, 6.45) is -0.336. The molecule has 0 radical (unpaired) electrons. The van der Waals surface area contributed by atoms with Crippen LogP contribution in [-0.2, 0) is 9.47 Å². The van der Waals surface area contributed by atoms with E-state index in [2.05, 4.69) is 11.0 Å². The fourth-order valence-corrected chi connectivity index (χ4v) is 3.48. The summed E-state index contributed by atoms with van der Waals surface area (Å²) in [5.74, 6) is 0.565. The number of methoxy groups -OCH3 is 1. The highest BCUT2D eigenvalue weighted by Gasteiger charge is 2.36. The van der Waals surface area contributed by atoms with Gasteiger partial charge in [-0.1, -0.05) is 6.07 Å². The van der Waals surface area contributed by atoms with Gasteiger partial charge in [-0.25, -0.2) is 4.79 Å². The Bertz CT molecular complexity index is 738. The molecule has 0 bridgehead atoms. The average Bonchev–Trinajstić information content (AvgIpc) is 2.65. The van der Waals surface area contributed by atoms with Crippen LogP contribution < -0.4 is 4.74 Å². The molecule has 0 aliphatic carbocycles. The number of hydrogen-bond donors (Lipinski definition) is 0. The first kappa shape index (κ1) is 19.5. The number of amides is 1. The molecule has 0 aromatic heterocycles. The van der Waals surface area contributed by atoms with Gasteiger partial charge in [-0.15, -0.1) is 0 Å². The van der Waals surface area contributed by atoms with Crippen molar-refractivity contribution in [3.63, 3.8) is 0 Å². The first-order valence-electron chi connectivity index (χ1n) is 9.22. The van der Waals surface area contributed by atoms with Crippen LogP contribution in [0.25, 0.3) is 0 Å². The highest BCUT2D eigenvalue weighted by molar-refractivity contribution is 5.68. The number of rotatable bonds is 2. The molecule has 7 heteroatoms. The predicted molar refractivity (Wildman–Crippen MR) is 99.6 cm³/mol. The second kappa shape index (κ2) is 7.75. The molecular formula is C20H27N3O4. The third-order valence-electron chi connectivity index (χ3n) is 4.86. The molecule has 2 aliphatic heterocycles. The summed E-state index contributed by atoms with van der Waals surface area (Å²) >= 11 is 0. The summed E-state index contributed by atoms with van der Waals surface area (Å²) in [4.78, 5) is 16.4. The number of fused-ring (bicyclic) bond motifs is 1. The topological polar surface area (TPSA) is 75.0 Å². The second-order valence-corrected chi connectivity index (χ2v) is 7.97. The van der Waals surface area contributed by atoms with Crippen molar-refractivity contribution in [2.24, 2.45) is 0 Å². The molecule has 1 amide bonds. The van der Waals surface area contributed by atoms with Gasteiger partial charge in [0.25, 0.3) is 0 Å². The fourth-order valence-electron chi connectivity index (χ4n) is 3.48. The van der Waals surface area contributed by atoms with Crippen molar-refractivity contribution in [2.75, 3.05) is 39.9 Å². The zero-order chi connectivity index (χ0) is 19.6. The van der Waals surface area contributed by atoms with Crippen LogP contribution in [0.4, 0.5) is 4.79 Å². The Morgan fingerprint density at radius 2 is 2.07 bits per heavy atom. The molecule has 2 atom stereocenters. The molecule has 1 unspecified atom stereocenters. The van der Waals surface area contributed by atoms with E-state index in [0.29, 0.717) is 31.0 Å². The van der Waals surface area contributed by atoms with Crippen molar-refractivity contribution in [1.82, 2.24) is 9.80 Å². The molecule has 0 saturated carbocycles. The Morgan fingerprint density at radius 3 is 2.74 bits per heavy atom. The monoisotopic (exact) mass is 373 g/mol. The van der Waals surface area contributed by atoms with Crippen LogP contribution >= 0.6 is 0 Å². The fraction of sp³-hybridized carbons (Fsp3) is 0.600. The number of morpholine rings is 1. The first-order chi connectivity index (χ1) is 12.8. The molecule has 7 nitrogen and oxygen atoms in total. The highest BCUT2D eigenvalue weighted by atomic mass is 16.6. The van der Waals surface area contributed by atoms with E-state index in [1.54, 1.807) is 18.1 Å². The number of carbonyl (C=O) groups is 1. The zero-order valence-electron chi connectivity index (χ0n) is 16.4. The van der Waals surface area contributed by atoms with Crippen molar-refractivity contribution < 1.29 is 19.0 Å². The number of ether oxygens (including phenoxy) is 3. The number of carbonyl (C=O) groups excluding carboxylic acids is 1. The highest BCUT2D eigenvalue weighted by Crippen LogP contribution is 2.30. The van der Waals surface area contributed by atoms with Crippen molar-refractivity contribution in [2.45, 2.75) is 38.5 Å². The van der Waals surface area contributed by atoms with Crippen LogP contribution in [0, 0.1) is 11.3 Å². The van der Waals surface area contributed by atoms with Crippen LogP contribution in [0.3, 0.4) is 0 Å². The van der Waals surface area contributed by atoms with E-state index in [1.165, 1.54) is 0 Å². The number of hydrogen-bond acceptors (Lipinski definition) is 6. The summed E-state index contributed by atoms with van der Waals surface area (Å²) in [6, 6.07) is 7.86. The Morgan fingerprint density at radius 1 is 1.30 bits per heavy atom. The van der Waals surface area contributed by atoms with E-state index in [9.17, 15) is 4.79 Å². The van der Waals surface area contributed by atoms with Gasteiger partial charge in [0.1, 0.15) is 17.4 Å². The minimum absolute atomic E-state index is 0.0732. The predicted octanol–water partition coefficient (Wildman–Crippen LogP) is 2.56. The van der Waals surface area contributed by atoms with Crippen molar-refractivity contribution in [1.29, 1.82) is 5.26 Å². The van der Waals surface area contributed by atoms with Crippen LogP contribution in [-0.4, -0.2) is 67.4 Å². The molecule has 2 saturated heterocycles. The van der Waals surface area contributed by atoms with Gasteiger partial charge in [0, 0.05) is 26.2 Å². The molecule has 1 aromatic rings. The van der Waals surface area contributed by atoms with Crippen molar-refractivity contribution in [3.8, 4) is 11.8 Å². The normalized spacial score (nSPS) is 23.3. The van der Waals surface area contributed by atoms with Gasteiger partial charge in [0.05, 0.1) is 31.4 Å². The molecule has 2 heterocycles. The molecule has 0 spiro atoms. The maximum Gasteiger partial charge on any atom is 0.410 e. The van der Waals surface area contributed by atoms with Gasteiger partial charge in [-0.3, -0.25) is 4.90 Å². The molecule has 27 heavy (non-hydrogen) atoms. The van der Waals surface area contributed by atoms with Gasteiger partial charge in [-0.05, 0) is 38.5 Å². The Balaban J connectivity index is 1.63. The van der Waals surface area contributed by atoms with Gasteiger partial charge in [-0.2, -0.15) is 5.26 Å². The van der Waals surface area contributed by atoms with E-state index in [0.717, 1.165) is 18.7 Å². The standard InChI is InChI=1S/C20H27N3O4/c1-20(2,3)27-19(24)23-8-7-22-12-18(26-13-16(22)11-23)14-5-6-15(10-21)17(9-14)25-4/h5-6,9,16,18H,7-8,11-13H2,1-4H3/t16-,18?/m0/s1. The lowest BCUT2D eigenvalue weighted by molar-refractivity contribution is -0.0906. The molecule has 2 fully saturated rings. The Kier molecular flexibility index (Phi) is 5.59. The van der Waals surface area contributed by atoms with E-state index in [4.69, 9.17) is 19.5 Å². The van der Waals surface area contributed by atoms with Gasteiger partial charge >= 0.3 is 6.09 Å². The number of nitrogens with zero attached hydrogens (tertiary/aromatic N) is 3. The quantitative estimate of drug-likeness (QED) is 0.793. The van der Waals surface area contributed by atoms with Crippen molar-refractivity contribution in [3.05, 3.63) is 29.3 Å². The maximum atomic E-state index is 12.3. The lowest BCUT2D eigenvalue weighted by Gasteiger charge is -2.46. The van der Waals surface area contributed by atoms with Gasteiger partial charge in [0.15, 0.2) is 0 Å². The van der Waals surface area contributed by atoms with Crippen molar-refractivity contribution >= 4 is 6.09 Å². The minimum Gasteiger partial charge on any atom is -0.495 e. The number of benzene rings is 1. The first-order valence-corrected chi connectivity index (χ1v) is 9.22. The molecule has 146 valence electrons. The van der Waals surface area contributed by atoms with Crippen LogP contribution in [0.1, 0.15) is 38.0 Å². The molecular weight excluding hydrogens is 346 g/mol. The van der Waals surface area contributed by atoms with Crippen LogP contribution in [0.15, 0.2) is 18.2 Å². The average molecular weight is 373 g/mol. The summed E-state index contributed by atoms with van der Waals surface area (Å²) < 4.78 is 16.9. The largest absolute Gasteiger partial charge is 0.495 e. The molecule has 2 aliphatic rings. The van der Waals surface area contributed by atoms with E-state index >= 15 is 0 Å². The van der Waals surface area contributed by atoms with Gasteiger partial charge < -0.3 is 19.1 Å². The minimum atomic E-state index is -0.489. The Hall–Kier alpha value is -2.30. The second-order valence-electron chi connectivity index (χ2n) is 7.97. The van der Waals surface area contributed by atoms with Crippen LogP contribution in [0.2, 0.25) is 0 Å². The van der Waals surface area contributed by atoms with E-state index < -0.39 is 5.60 Å². The molecule has 3 rings (SSSR count). The number of nitriles is 1. The maximum absolute atomic E-state index is 12.3. The van der Waals surface area contributed by atoms with E-state index in [-0.39, 0.29) is 18.2 Å². The molecule has 0 N–H and O–H groups in total. The smallest absolute Gasteiger partial charge is 0.410 e. The van der Waals surface area contributed by atoms with Crippen LogP contribution in [0.5, 0.6) is 5.75 Å². The Labute approximate surface area is 160 Å². The van der Waals surface area contributed by atoms with Gasteiger partial charge in [0.2, 0.25) is 0 Å². The summed E-state index contributed by atoms with van der Waals surface area (Å²) in [6.45, 7) is 8.97. The summed E-state index contributed by atoms with van der Waals surface area (Å²) in [5.41, 5.74) is 1.02. The SMILES string of the molecule is COc1cc(C2CN3CCN(C(=O)OC(C)(C)C)C[C@H]3CO2)ccc1C#N. The zero-order valence-corrected chi connectivity index (χ0v) is 16.4. The number of piperazine rings is 1. The lowest BCUT2D eigenvalue weighted by atomic mass is 10.0. The third-order valence-corrected chi connectivity index (χ3v) is 4.86. The summed E-state index contributed by atoms with van der Waals surface area (Å²) in [7, 11) is 1.56.